The fraction of sp³-hybridized carbons (Fsp3) is 0.222. The molecule has 3 rings (SSSR count). The lowest BCUT2D eigenvalue weighted by atomic mass is 10.0. The number of hydrogen-bond acceptors (Lipinski definition) is 4. The van der Waals surface area contributed by atoms with Gasteiger partial charge in [0, 0.05) is 22.7 Å². The van der Waals surface area contributed by atoms with Crippen molar-refractivity contribution < 1.29 is 4.39 Å². The van der Waals surface area contributed by atoms with E-state index < -0.39 is 0 Å². The van der Waals surface area contributed by atoms with Crippen molar-refractivity contribution in [2.24, 2.45) is 0 Å². The third kappa shape index (κ3) is 2.91. The number of aryl methyl sites for hydroxylation is 1. The fourth-order valence-electron chi connectivity index (χ4n) is 2.66. The van der Waals surface area contributed by atoms with Crippen molar-refractivity contribution >= 4 is 33.3 Å². The molecule has 0 unspecified atom stereocenters. The Morgan fingerprint density at radius 1 is 1.38 bits per heavy atom. The summed E-state index contributed by atoms with van der Waals surface area (Å²) in [5.74, 6) is 0.413. The average Bonchev–Trinajstić information content (AvgIpc) is 2.90. The van der Waals surface area contributed by atoms with E-state index in [0.29, 0.717) is 22.8 Å². The topological polar surface area (TPSA) is 34.9 Å². The number of rotatable bonds is 5. The van der Waals surface area contributed by atoms with Crippen molar-refractivity contribution in [3.63, 3.8) is 0 Å². The summed E-state index contributed by atoms with van der Waals surface area (Å²) >= 11 is 3.01. The predicted octanol–water partition coefficient (Wildman–Crippen LogP) is 4.87. The van der Waals surface area contributed by atoms with Gasteiger partial charge in [-0.1, -0.05) is 30.0 Å². The monoisotopic (exact) mass is 360 g/mol. The highest BCUT2D eigenvalue weighted by Crippen LogP contribution is 2.36. The van der Waals surface area contributed by atoms with Crippen LogP contribution in [0.4, 0.5) is 4.39 Å². The number of fused-ring (bicyclic) bond motifs is 1. The van der Waals surface area contributed by atoms with E-state index in [1.807, 2.05) is 13.8 Å². The summed E-state index contributed by atoms with van der Waals surface area (Å²) in [6.45, 7) is 8.18. The molecule has 0 atom stereocenters. The highest BCUT2D eigenvalue weighted by atomic mass is 32.2. The molecule has 124 valence electrons. The first kappa shape index (κ1) is 16.9. The van der Waals surface area contributed by atoms with E-state index in [1.54, 1.807) is 22.8 Å². The minimum atomic E-state index is -0.289. The predicted molar refractivity (Wildman–Crippen MR) is 101 cm³/mol. The first-order chi connectivity index (χ1) is 11.6. The molecule has 1 aromatic carbocycles. The summed E-state index contributed by atoms with van der Waals surface area (Å²) < 4.78 is 14.9. The normalized spacial score (nSPS) is 11.1. The number of halogens is 1. The van der Waals surface area contributed by atoms with Crippen molar-refractivity contribution in [2.75, 3.05) is 5.75 Å². The highest BCUT2D eigenvalue weighted by molar-refractivity contribution is 7.99. The van der Waals surface area contributed by atoms with Crippen LogP contribution < -0.4 is 5.56 Å². The van der Waals surface area contributed by atoms with Crippen LogP contribution in [0.3, 0.4) is 0 Å². The number of hydrogen-bond donors (Lipinski definition) is 0. The van der Waals surface area contributed by atoms with Crippen LogP contribution in [0.15, 0.2) is 46.9 Å². The number of thiophene rings is 1. The minimum Gasteiger partial charge on any atom is -0.287 e. The third-order valence-electron chi connectivity index (χ3n) is 3.73. The van der Waals surface area contributed by atoms with Gasteiger partial charge in [0.15, 0.2) is 5.16 Å². The summed E-state index contributed by atoms with van der Waals surface area (Å²) in [7, 11) is 0. The molecule has 0 aliphatic carbocycles. The molecule has 0 saturated heterocycles. The molecule has 0 bridgehead atoms. The number of thioether (sulfide) groups is 1. The van der Waals surface area contributed by atoms with Gasteiger partial charge in [0.2, 0.25) is 0 Å². The van der Waals surface area contributed by atoms with Crippen LogP contribution in [0, 0.1) is 12.7 Å². The number of nitrogens with zero attached hydrogens (tertiary/aromatic N) is 2. The second-order valence-corrected chi connectivity index (χ2v) is 7.45. The zero-order valence-corrected chi connectivity index (χ0v) is 15.1. The third-order valence-corrected chi connectivity index (χ3v) is 5.70. The van der Waals surface area contributed by atoms with Gasteiger partial charge in [-0.05, 0) is 31.5 Å². The fourth-order valence-corrected chi connectivity index (χ4v) is 4.55. The summed E-state index contributed by atoms with van der Waals surface area (Å²) in [6, 6.07) is 6.25. The molecule has 24 heavy (non-hydrogen) atoms. The molecule has 0 aliphatic heterocycles. The highest BCUT2D eigenvalue weighted by Gasteiger charge is 2.19. The molecule has 3 nitrogen and oxygen atoms in total. The van der Waals surface area contributed by atoms with Crippen LogP contribution in [-0.4, -0.2) is 15.3 Å². The van der Waals surface area contributed by atoms with Crippen molar-refractivity contribution in [1.82, 2.24) is 9.55 Å². The first-order valence-corrected chi connectivity index (χ1v) is 9.40. The number of benzene rings is 1. The van der Waals surface area contributed by atoms with Crippen LogP contribution in [-0.2, 0) is 6.54 Å². The molecular weight excluding hydrogens is 343 g/mol. The van der Waals surface area contributed by atoms with Gasteiger partial charge in [0.05, 0.1) is 5.39 Å². The maximum Gasteiger partial charge on any atom is 0.263 e. The Bertz CT molecular complexity index is 958. The van der Waals surface area contributed by atoms with Gasteiger partial charge in [-0.25, -0.2) is 9.37 Å². The maximum atomic E-state index is 13.2. The summed E-state index contributed by atoms with van der Waals surface area (Å²) in [6.07, 6.45) is 1.80. The Kier molecular flexibility index (Phi) is 4.87. The lowest BCUT2D eigenvalue weighted by Gasteiger charge is -2.09. The van der Waals surface area contributed by atoms with Gasteiger partial charge in [0.1, 0.15) is 10.6 Å². The molecule has 0 amide bonds. The molecule has 3 aromatic rings. The Morgan fingerprint density at radius 3 is 2.71 bits per heavy atom. The van der Waals surface area contributed by atoms with Crippen molar-refractivity contribution in [3.8, 4) is 11.1 Å². The Hall–Kier alpha value is -1.92. The van der Waals surface area contributed by atoms with E-state index in [9.17, 15) is 9.18 Å². The van der Waals surface area contributed by atoms with E-state index in [2.05, 4.69) is 6.58 Å². The van der Waals surface area contributed by atoms with Crippen LogP contribution in [0.5, 0.6) is 0 Å². The van der Waals surface area contributed by atoms with Gasteiger partial charge < -0.3 is 0 Å². The largest absolute Gasteiger partial charge is 0.287 e. The van der Waals surface area contributed by atoms with Crippen LogP contribution in [0.25, 0.3) is 21.3 Å². The van der Waals surface area contributed by atoms with E-state index in [1.165, 1.54) is 35.2 Å². The average molecular weight is 360 g/mol. The van der Waals surface area contributed by atoms with E-state index in [0.717, 1.165) is 20.8 Å². The maximum absolute atomic E-state index is 13.2. The minimum absolute atomic E-state index is 0.0438. The quantitative estimate of drug-likeness (QED) is 0.370. The standard InChI is InChI=1S/C18H17FN2OS2/c1-4-10-23-18-20-16-15(17(22)21(18)5-2)14(11(3)24-16)12-6-8-13(19)9-7-12/h4,6-9H,1,5,10H2,2-3H3. The lowest BCUT2D eigenvalue weighted by Crippen LogP contribution is -2.22. The zero-order chi connectivity index (χ0) is 17.3. The van der Waals surface area contributed by atoms with E-state index in [-0.39, 0.29) is 11.4 Å². The van der Waals surface area contributed by atoms with Gasteiger partial charge in [-0.2, -0.15) is 0 Å². The summed E-state index contributed by atoms with van der Waals surface area (Å²) in [5, 5.41) is 1.33. The molecule has 2 heterocycles. The zero-order valence-electron chi connectivity index (χ0n) is 13.5. The Labute approximate surface area is 147 Å². The van der Waals surface area contributed by atoms with Crippen LogP contribution in [0.2, 0.25) is 0 Å². The van der Waals surface area contributed by atoms with Crippen LogP contribution in [0.1, 0.15) is 11.8 Å². The Balaban J connectivity index is 2.29. The molecule has 0 saturated carbocycles. The van der Waals surface area contributed by atoms with Gasteiger partial charge >= 0.3 is 0 Å². The van der Waals surface area contributed by atoms with Crippen molar-refractivity contribution in [2.45, 2.75) is 25.5 Å². The smallest absolute Gasteiger partial charge is 0.263 e. The summed E-state index contributed by atoms with van der Waals surface area (Å²) in [5.41, 5.74) is 1.65. The Morgan fingerprint density at radius 2 is 2.08 bits per heavy atom. The molecule has 0 aliphatic rings. The van der Waals surface area contributed by atoms with E-state index >= 15 is 0 Å². The molecular formula is C18H17FN2OS2. The molecule has 0 radical (unpaired) electrons. The van der Waals surface area contributed by atoms with E-state index in [4.69, 9.17) is 4.98 Å². The van der Waals surface area contributed by atoms with Gasteiger partial charge in [-0.3, -0.25) is 9.36 Å². The summed E-state index contributed by atoms with van der Waals surface area (Å²) in [4.78, 5) is 19.5. The molecule has 2 aromatic heterocycles. The second kappa shape index (κ2) is 6.91. The number of aromatic nitrogens is 2. The second-order valence-electron chi connectivity index (χ2n) is 5.26. The van der Waals surface area contributed by atoms with Crippen molar-refractivity contribution in [3.05, 3.63) is 58.0 Å². The molecule has 6 heteroatoms. The van der Waals surface area contributed by atoms with Gasteiger partial charge in [-0.15, -0.1) is 17.9 Å². The molecule has 0 spiro atoms. The van der Waals surface area contributed by atoms with Crippen molar-refractivity contribution in [1.29, 1.82) is 0 Å². The first-order valence-electron chi connectivity index (χ1n) is 7.60. The lowest BCUT2D eigenvalue weighted by molar-refractivity contribution is 0.628. The molecule has 0 fully saturated rings. The van der Waals surface area contributed by atoms with Gasteiger partial charge in [0.25, 0.3) is 5.56 Å². The molecule has 0 N–H and O–H groups in total. The van der Waals surface area contributed by atoms with Crippen LogP contribution >= 0.6 is 23.1 Å². The SMILES string of the molecule is C=CCSc1nc2sc(C)c(-c3ccc(F)cc3)c2c(=O)n1CC.